The molecule has 0 saturated carbocycles. The highest BCUT2D eigenvalue weighted by molar-refractivity contribution is 7.89. The molecule has 0 fully saturated rings. The Hall–Kier alpha value is -1.91. The molecule has 0 unspecified atom stereocenters. The molecule has 0 amide bonds. The van der Waals surface area contributed by atoms with E-state index in [2.05, 4.69) is 4.72 Å². The molecule has 2 N–H and O–H groups in total. The van der Waals surface area contributed by atoms with Crippen molar-refractivity contribution in [3.05, 3.63) is 29.8 Å². The normalized spacial score (nSPS) is 10.9. The van der Waals surface area contributed by atoms with Gasteiger partial charge in [0.1, 0.15) is 6.07 Å². The summed E-state index contributed by atoms with van der Waals surface area (Å²) in [7, 11) is -3.72. The first-order valence-electron chi connectivity index (χ1n) is 5.68. The molecule has 7 heteroatoms. The van der Waals surface area contributed by atoms with Gasteiger partial charge in [-0.05, 0) is 25.0 Å². The number of rotatable bonds is 7. The van der Waals surface area contributed by atoms with Crippen LogP contribution < -0.4 is 4.72 Å². The van der Waals surface area contributed by atoms with Crippen LogP contribution in [-0.4, -0.2) is 26.0 Å². The van der Waals surface area contributed by atoms with E-state index in [9.17, 15) is 13.2 Å². The van der Waals surface area contributed by atoms with Crippen molar-refractivity contribution in [2.24, 2.45) is 0 Å². The number of nitrogens with zero attached hydrogens (tertiary/aromatic N) is 1. The molecule has 1 rings (SSSR count). The third-order valence-electron chi connectivity index (χ3n) is 2.41. The number of carboxylic acid groups (broad SMARTS) is 1. The zero-order valence-corrected chi connectivity index (χ0v) is 11.0. The van der Waals surface area contributed by atoms with Gasteiger partial charge in [0, 0.05) is 13.0 Å². The van der Waals surface area contributed by atoms with E-state index in [1.807, 2.05) is 6.07 Å². The van der Waals surface area contributed by atoms with E-state index in [-0.39, 0.29) is 23.4 Å². The average Bonchev–Trinajstić information content (AvgIpc) is 2.37. The van der Waals surface area contributed by atoms with Gasteiger partial charge in [0.05, 0.1) is 10.5 Å². The zero-order chi connectivity index (χ0) is 14.3. The molecule has 0 saturated heterocycles. The molecular formula is C12H14N2O4S. The Bertz CT molecular complexity index is 590. The van der Waals surface area contributed by atoms with Crippen LogP contribution in [0.3, 0.4) is 0 Å². The summed E-state index contributed by atoms with van der Waals surface area (Å²) in [6.07, 6.45) is 0.842. The maximum Gasteiger partial charge on any atom is 0.303 e. The molecule has 6 nitrogen and oxygen atoms in total. The number of unbranched alkanes of at least 4 members (excludes halogenated alkanes) is 1. The second-order valence-electron chi connectivity index (χ2n) is 3.86. The van der Waals surface area contributed by atoms with Gasteiger partial charge in [0.25, 0.3) is 0 Å². The van der Waals surface area contributed by atoms with Crippen LogP contribution in [-0.2, 0) is 14.8 Å². The molecule has 0 spiro atoms. The first kappa shape index (κ1) is 15.1. The zero-order valence-electron chi connectivity index (χ0n) is 10.2. The lowest BCUT2D eigenvalue weighted by molar-refractivity contribution is -0.137. The molecule has 0 atom stereocenters. The Labute approximate surface area is 111 Å². The number of nitriles is 1. The van der Waals surface area contributed by atoms with Crippen LogP contribution in [0.2, 0.25) is 0 Å². The second kappa shape index (κ2) is 6.87. The van der Waals surface area contributed by atoms with Crippen molar-refractivity contribution in [3.63, 3.8) is 0 Å². The van der Waals surface area contributed by atoms with Gasteiger partial charge in [-0.2, -0.15) is 5.26 Å². The van der Waals surface area contributed by atoms with Gasteiger partial charge in [-0.3, -0.25) is 4.79 Å². The van der Waals surface area contributed by atoms with Crippen molar-refractivity contribution >= 4 is 16.0 Å². The summed E-state index contributed by atoms with van der Waals surface area (Å²) in [4.78, 5) is 10.2. The summed E-state index contributed by atoms with van der Waals surface area (Å²) < 4.78 is 26.2. The number of hydrogen-bond donors (Lipinski definition) is 2. The van der Waals surface area contributed by atoms with Gasteiger partial charge in [-0.25, -0.2) is 13.1 Å². The quantitative estimate of drug-likeness (QED) is 0.728. The van der Waals surface area contributed by atoms with E-state index in [0.29, 0.717) is 12.8 Å². The third kappa shape index (κ3) is 4.69. The number of carboxylic acids is 1. The maximum atomic E-state index is 11.9. The number of carbonyl (C=O) groups is 1. The van der Waals surface area contributed by atoms with Crippen LogP contribution in [0.25, 0.3) is 0 Å². The smallest absolute Gasteiger partial charge is 0.303 e. The van der Waals surface area contributed by atoms with Crippen molar-refractivity contribution < 1.29 is 18.3 Å². The van der Waals surface area contributed by atoms with Crippen LogP contribution in [0.4, 0.5) is 0 Å². The first-order chi connectivity index (χ1) is 8.97. The highest BCUT2D eigenvalue weighted by Crippen LogP contribution is 2.13. The van der Waals surface area contributed by atoms with Gasteiger partial charge < -0.3 is 5.11 Å². The standard InChI is InChI=1S/C12H14N2O4S/c13-9-10-5-1-2-6-11(10)19(17,18)14-8-4-3-7-12(15)16/h1-2,5-6,14H,3-4,7-8H2,(H,15,16). The molecule has 0 heterocycles. The van der Waals surface area contributed by atoms with E-state index < -0.39 is 16.0 Å². The molecule has 19 heavy (non-hydrogen) atoms. The maximum absolute atomic E-state index is 11.9. The lowest BCUT2D eigenvalue weighted by atomic mass is 10.2. The van der Waals surface area contributed by atoms with Gasteiger partial charge in [-0.1, -0.05) is 12.1 Å². The minimum Gasteiger partial charge on any atom is -0.481 e. The fraction of sp³-hybridized carbons (Fsp3) is 0.333. The van der Waals surface area contributed by atoms with Crippen LogP contribution in [0.15, 0.2) is 29.2 Å². The van der Waals surface area contributed by atoms with Gasteiger partial charge >= 0.3 is 5.97 Å². The minimum absolute atomic E-state index is 0.0104. The fourth-order valence-corrected chi connectivity index (χ4v) is 2.71. The average molecular weight is 282 g/mol. The predicted octanol–water partition coefficient (Wildman–Crippen LogP) is 1.09. The van der Waals surface area contributed by atoms with Gasteiger partial charge in [0.15, 0.2) is 0 Å². The summed E-state index contributed by atoms with van der Waals surface area (Å²) in [5.74, 6) is -0.905. The number of sulfonamides is 1. The van der Waals surface area contributed by atoms with Gasteiger partial charge in [-0.15, -0.1) is 0 Å². The van der Waals surface area contributed by atoms with Crippen LogP contribution in [0.5, 0.6) is 0 Å². The second-order valence-corrected chi connectivity index (χ2v) is 5.59. The van der Waals surface area contributed by atoms with E-state index in [1.54, 1.807) is 12.1 Å². The highest BCUT2D eigenvalue weighted by atomic mass is 32.2. The molecule has 102 valence electrons. The Balaban J connectivity index is 2.62. The first-order valence-corrected chi connectivity index (χ1v) is 7.16. The Morgan fingerprint density at radius 1 is 1.32 bits per heavy atom. The van der Waals surface area contributed by atoms with Gasteiger partial charge in [0.2, 0.25) is 10.0 Å². The highest BCUT2D eigenvalue weighted by Gasteiger charge is 2.17. The molecule has 0 aromatic heterocycles. The predicted molar refractivity (Wildman–Crippen MR) is 67.8 cm³/mol. The lowest BCUT2D eigenvalue weighted by Gasteiger charge is -2.07. The molecule has 0 radical (unpaired) electrons. The molecular weight excluding hydrogens is 268 g/mol. The monoisotopic (exact) mass is 282 g/mol. The van der Waals surface area contributed by atoms with E-state index in [4.69, 9.17) is 10.4 Å². The largest absolute Gasteiger partial charge is 0.481 e. The SMILES string of the molecule is N#Cc1ccccc1S(=O)(=O)NCCCCC(=O)O. The number of benzene rings is 1. The third-order valence-corrected chi connectivity index (χ3v) is 3.93. The molecule has 0 aliphatic rings. The molecule has 1 aromatic carbocycles. The Morgan fingerprint density at radius 3 is 2.63 bits per heavy atom. The number of aliphatic carboxylic acids is 1. The van der Waals surface area contributed by atoms with E-state index >= 15 is 0 Å². The number of hydrogen-bond acceptors (Lipinski definition) is 4. The van der Waals surface area contributed by atoms with E-state index in [1.165, 1.54) is 12.1 Å². The van der Waals surface area contributed by atoms with E-state index in [0.717, 1.165) is 0 Å². The summed E-state index contributed by atoms with van der Waals surface area (Å²) in [5, 5.41) is 17.3. The summed E-state index contributed by atoms with van der Waals surface area (Å²) in [6.45, 7) is 0.148. The molecule has 0 bridgehead atoms. The molecule has 1 aromatic rings. The minimum atomic E-state index is -3.72. The summed E-state index contributed by atoms with van der Waals surface area (Å²) in [5.41, 5.74) is 0.0838. The van der Waals surface area contributed by atoms with Crippen LogP contribution in [0.1, 0.15) is 24.8 Å². The van der Waals surface area contributed by atoms with Crippen molar-refractivity contribution in [1.82, 2.24) is 4.72 Å². The number of nitrogens with one attached hydrogen (secondary N) is 1. The molecule has 0 aliphatic heterocycles. The van der Waals surface area contributed by atoms with Crippen molar-refractivity contribution in [2.75, 3.05) is 6.54 Å². The van der Waals surface area contributed by atoms with Crippen LogP contribution in [0, 0.1) is 11.3 Å². The summed E-state index contributed by atoms with van der Waals surface area (Å²) >= 11 is 0. The van der Waals surface area contributed by atoms with Crippen molar-refractivity contribution in [1.29, 1.82) is 5.26 Å². The fourth-order valence-electron chi connectivity index (χ4n) is 1.48. The Morgan fingerprint density at radius 2 is 2.00 bits per heavy atom. The van der Waals surface area contributed by atoms with Crippen molar-refractivity contribution in [2.45, 2.75) is 24.2 Å². The van der Waals surface area contributed by atoms with Crippen LogP contribution >= 0.6 is 0 Å². The topological polar surface area (TPSA) is 107 Å². The lowest BCUT2D eigenvalue weighted by Crippen LogP contribution is -2.25. The Kier molecular flexibility index (Phi) is 5.48. The van der Waals surface area contributed by atoms with Crippen molar-refractivity contribution in [3.8, 4) is 6.07 Å². The summed E-state index contributed by atoms with van der Waals surface area (Å²) in [6, 6.07) is 7.74. The molecule has 0 aliphatic carbocycles.